The Morgan fingerprint density at radius 1 is 1.50 bits per heavy atom. The Morgan fingerprint density at radius 3 is 1.62 bits per heavy atom. The number of halogens is 1. The Labute approximate surface area is 63.4 Å². The summed E-state index contributed by atoms with van der Waals surface area (Å²) < 4.78 is 10.8. The van der Waals surface area contributed by atoms with Crippen LogP contribution in [0.5, 0.6) is 0 Å². The molecule has 52 valence electrons. The molecule has 0 spiro atoms. The van der Waals surface area contributed by atoms with Gasteiger partial charge < -0.3 is 0 Å². The van der Waals surface area contributed by atoms with Crippen molar-refractivity contribution in [2.45, 2.75) is 25.5 Å². The maximum absolute atomic E-state index is 11.0. The minimum atomic E-state index is -2.38. The van der Waals surface area contributed by atoms with E-state index in [0.29, 0.717) is 0 Å². The Balaban J connectivity index is 4.26. The lowest BCUT2D eigenvalue weighted by atomic mass is 10.3. The van der Waals surface area contributed by atoms with Gasteiger partial charge in [-0.15, -0.1) is 0 Å². The number of hydrogen-bond donors (Lipinski definition) is 2. The Hall–Kier alpha value is 0.840. The third-order valence-electron chi connectivity index (χ3n) is 0.915. The number of hydrogen-bond acceptors (Lipinski definition) is 1. The van der Waals surface area contributed by atoms with Gasteiger partial charge in [-0.3, -0.25) is 9.35 Å². The lowest BCUT2D eigenvalue weighted by Crippen LogP contribution is -2.36. The average molecular weight is 249 g/mol. The van der Waals surface area contributed by atoms with E-state index in [0.717, 1.165) is 0 Å². The van der Waals surface area contributed by atoms with Gasteiger partial charge in [0.25, 0.3) is 0 Å². The Kier molecular flexibility index (Phi) is 2.46. The van der Waals surface area contributed by atoms with Gasteiger partial charge >= 0.3 is 0 Å². The average Bonchev–Trinajstić information content (AvgIpc) is 1.25. The van der Waals surface area contributed by atoms with Crippen LogP contribution in [0.15, 0.2) is 0 Å². The summed E-state index contributed by atoms with van der Waals surface area (Å²) in [6, 6.07) is 0. The summed E-state index contributed by atoms with van der Waals surface area (Å²) in [5.74, 6) is 0. The molecule has 0 radical (unpaired) electrons. The summed E-state index contributed by atoms with van der Waals surface area (Å²) in [5, 5.41) is 5.35. The van der Waals surface area contributed by atoms with Crippen LogP contribution >= 0.6 is 21.2 Å². The molecule has 2 N–H and O–H groups in total. The van der Waals surface area contributed by atoms with Crippen molar-refractivity contribution >= 4 is 28.5 Å². The molecule has 0 aromatic rings. The highest BCUT2D eigenvalue weighted by Crippen LogP contribution is 2.24. The van der Waals surface area contributed by atoms with Gasteiger partial charge in [0, 0.05) is 26.0 Å². The molecule has 0 bridgehead atoms. The van der Waals surface area contributed by atoms with Crippen molar-refractivity contribution in [1.29, 1.82) is 0 Å². The van der Waals surface area contributed by atoms with Crippen molar-refractivity contribution in [1.82, 2.24) is 0 Å². The molecule has 0 aliphatic carbocycles. The molecule has 0 aromatic heterocycles. The monoisotopic (exact) mass is 249 g/mol. The first-order valence-electron chi connectivity index (χ1n) is 2.33. The van der Waals surface area contributed by atoms with Gasteiger partial charge in [-0.2, -0.15) is 0 Å². The minimum absolute atomic E-state index is 0.242. The molecule has 0 unspecified atom stereocenters. The van der Waals surface area contributed by atoms with E-state index in [9.17, 15) is 4.21 Å². The number of thiol groups is 1. The zero-order chi connectivity index (χ0) is 7.00. The maximum Gasteiger partial charge on any atom is 0.0350 e. The summed E-state index contributed by atoms with van der Waals surface area (Å²) in [7, 11) is -2.38. The van der Waals surface area contributed by atoms with Gasteiger partial charge in [0.2, 0.25) is 0 Å². The second-order valence-electron chi connectivity index (χ2n) is 2.75. The fourth-order valence-electron chi connectivity index (χ4n) is 0. The molecule has 0 aromatic carbocycles. The summed E-state index contributed by atoms with van der Waals surface area (Å²) in [5.41, 5.74) is 0. The van der Waals surface area contributed by atoms with Crippen LogP contribution in [-0.2, 0) is 7.29 Å². The zero-order valence-corrected chi connectivity index (χ0v) is 8.36. The molecule has 0 rings (SSSR count). The van der Waals surface area contributed by atoms with Crippen molar-refractivity contribution in [3.05, 3.63) is 0 Å². The SMILES string of the molecule is CC(C)(C)[SH](N)(=O)I. The summed E-state index contributed by atoms with van der Waals surface area (Å²) in [6.45, 7) is 5.63. The van der Waals surface area contributed by atoms with Crippen molar-refractivity contribution in [2.24, 2.45) is 5.14 Å². The van der Waals surface area contributed by atoms with Gasteiger partial charge in [-0.1, -0.05) is 0 Å². The maximum atomic E-state index is 11.0. The first kappa shape index (κ1) is 8.84. The topological polar surface area (TPSA) is 43.1 Å². The van der Waals surface area contributed by atoms with Crippen LogP contribution in [0.4, 0.5) is 0 Å². The summed E-state index contributed by atoms with van der Waals surface area (Å²) in [4.78, 5) is 0. The minimum Gasteiger partial charge on any atom is -0.266 e. The van der Waals surface area contributed by atoms with Gasteiger partial charge in [0.05, 0.1) is 0 Å². The highest BCUT2D eigenvalue weighted by atomic mass is 127. The number of nitrogens with two attached hydrogens (primary N) is 1. The fraction of sp³-hybridized carbons (Fsp3) is 1.00. The Bertz CT molecular complexity index is 122. The quantitative estimate of drug-likeness (QED) is 0.376. The molecule has 4 heteroatoms. The van der Waals surface area contributed by atoms with Gasteiger partial charge in [0.1, 0.15) is 0 Å². The van der Waals surface area contributed by atoms with Crippen molar-refractivity contribution in [3.8, 4) is 0 Å². The van der Waals surface area contributed by atoms with Crippen LogP contribution in [0.2, 0.25) is 0 Å². The highest BCUT2D eigenvalue weighted by molar-refractivity contribution is 14.2. The van der Waals surface area contributed by atoms with Gasteiger partial charge in [0.15, 0.2) is 0 Å². The van der Waals surface area contributed by atoms with Crippen LogP contribution in [0.1, 0.15) is 20.8 Å². The van der Waals surface area contributed by atoms with E-state index in [-0.39, 0.29) is 4.75 Å². The van der Waals surface area contributed by atoms with Crippen LogP contribution in [0.3, 0.4) is 0 Å². The van der Waals surface area contributed by atoms with Crippen molar-refractivity contribution in [3.63, 3.8) is 0 Å². The van der Waals surface area contributed by atoms with E-state index in [2.05, 4.69) is 0 Å². The molecule has 8 heavy (non-hydrogen) atoms. The van der Waals surface area contributed by atoms with E-state index >= 15 is 0 Å². The molecule has 0 heterocycles. The largest absolute Gasteiger partial charge is 0.266 e. The second kappa shape index (κ2) is 2.22. The zero-order valence-electron chi connectivity index (χ0n) is 5.31. The molecule has 0 fully saturated rings. The highest BCUT2D eigenvalue weighted by Gasteiger charge is 2.22. The predicted octanol–water partition coefficient (Wildman–Crippen LogP) is 1.03. The number of rotatable bonds is 0. The third-order valence-corrected chi connectivity index (χ3v) is 7.09. The first-order valence-corrected chi connectivity index (χ1v) is 6.89. The van der Waals surface area contributed by atoms with Crippen LogP contribution in [0, 0.1) is 0 Å². The van der Waals surface area contributed by atoms with E-state index in [1.807, 2.05) is 42.0 Å². The van der Waals surface area contributed by atoms with E-state index < -0.39 is 7.29 Å². The second-order valence-corrected chi connectivity index (χ2v) is 9.54. The molecule has 0 atom stereocenters. The van der Waals surface area contributed by atoms with E-state index in [1.54, 1.807) is 0 Å². The molecule has 0 aliphatic rings. The fourth-order valence-corrected chi connectivity index (χ4v) is 0. The molecule has 0 saturated heterocycles. The molecule has 2 nitrogen and oxygen atoms in total. The predicted molar refractivity (Wildman–Crippen MR) is 47.5 cm³/mol. The normalized spacial score (nSPS) is 16.1. The molecule has 0 aliphatic heterocycles. The molecule has 0 amide bonds. The van der Waals surface area contributed by atoms with Crippen LogP contribution in [0.25, 0.3) is 0 Å². The van der Waals surface area contributed by atoms with E-state index in [4.69, 9.17) is 5.14 Å². The van der Waals surface area contributed by atoms with Crippen molar-refractivity contribution < 1.29 is 4.21 Å². The standard InChI is InChI=1S/C4H12INOS/c1-4(2,3)8(5,6)7/h8H,1-3H3,(H2,6,7). The smallest absolute Gasteiger partial charge is 0.0350 e. The van der Waals surface area contributed by atoms with Crippen LogP contribution in [-0.4, -0.2) is 8.96 Å². The molecular formula is C4H12INOS. The summed E-state index contributed by atoms with van der Waals surface area (Å²) >= 11 is 1.82. The van der Waals surface area contributed by atoms with E-state index in [1.165, 1.54) is 0 Å². The Morgan fingerprint density at radius 2 is 1.62 bits per heavy atom. The van der Waals surface area contributed by atoms with Crippen molar-refractivity contribution in [2.75, 3.05) is 0 Å². The van der Waals surface area contributed by atoms with Gasteiger partial charge in [-0.05, 0) is 28.1 Å². The van der Waals surface area contributed by atoms with Gasteiger partial charge in [-0.25, -0.2) is 0 Å². The van der Waals surface area contributed by atoms with Crippen LogP contribution < -0.4 is 5.14 Å². The lowest BCUT2D eigenvalue weighted by molar-refractivity contribution is 0.648. The summed E-state index contributed by atoms with van der Waals surface area (Å²) in [6.07, 6.45) is 0. The molecule has 0 saturated carbocycles. The first-order chi connectivity index (χ1) is 3.25. The lowest BCUT2D eigenvalue weighted by Gasteiger charge is -2.26. The molecular weight excluding hydrogens is 237 g/mol. The third kappa shape index (κ3) is 2.41.